The number of para-hydroxylation sites is 2. The molecule has 7 heteroatoms. The normalized spacial score (nSPS) is 19.9. The number of thioether (sulfide) groups is 1. The molecule has 1 saturated heterocycles. The molecule has 28 heavy (non-hydrogen) atoms. The van der Waals surface area contributed by atoms with Gasteiger partial charge in [0.2, 0.25) is 5.91 Å². The van der Waals surface area contributed by atoms with Gasteiger partial charge in [0.1, 0.15) is 19.0 Å². The van der Waals surface area contributed by atoms with Crippen molar-refractivity contribution in [1.82, 2.24) is 0 Å². The van der Waals surface area contributed by atoms with Gasteiger partial charge in [-0.1, -0.05) is 36.0 Å². The average Bonchev–Trinajstić information content (AvgIpc) is 3.21. The highest BCUT2D eigenvalue weighted by Crippen LogP contribution is 2.56. The van der Waals surface area contributed by atoms with Crippen LogP contribution in [0.15, 0.2) is 53.4 Å². The van der Waals surface area contributed by atoms with Crippen molar-refractivity contribution in [3.05, 3.63) is 54.1 Å². The van der Waals surface area contributed by atoms with E-state index in [0.717, 1.165) is 10.6 Å². The molecule has 2 aromatic rings. The van der Waals surface area contributed by atoms with Crippen LogP contribution in [-0.4, -0.2) is 35.7 Å². The predicted molar refractivity (Wildman–Crippen MR) is 105 cm³/mol. The molecule has 2 aromatic carbocycles. The third kappa shape index (κ3) is 3.05. The molecule has 0 radical (unpaired) electrons. The first-order valence-corrected chi connectivity index (χ1v) is 9.86. The van der Waals surface area contributed by atoms with Crippen molar-refractivity contribution in [2.75, 3.05) is 18.1 Å². The maximum absolute atomic E-state index is 12.9. The van der Waals surface area contributed by atoms with Gasteiger partial charge in [0.25, 0.3) is 0 Å². The molecule has 1 fully saturated rings. The lowest BCUT2D eigenvalue weighted by molar-refractivity contribution is -0.147. The number of carbonyl (C=O) groups is 3. The number of hydrogen-bond acceptors (Lipinski definition) is 6. The van der Waals surface area contributed by atoms with Crippen LogP contribution in [0, 0.1) is 0 Å². The smallest absolute Gasteiger partial charge is 0.343 e. The zero-order chi connectivity index (χ0) is 19.7. The minimum Gasteiger partial charge on any atom is -0.489 e. The topological polar surface area (TPSA) is 72.9 Å². The molecular weight excluding hydrogens is 378 g/mol. The molecular formula is C21H19NO5S. The van der Waals surface area contributed by atoms with Gasteiger partial charge in [-0.05, 0) is 31.2 Å². The average molecular weight is 397 g/mol. The van der Waals surface area contributed by atoms with E-state index < -0.39 is 10.8 Å². The number of carbonyl (C=O) groups excluding carboxylic acids is 3. The molecule has 2 aliphatic heterocycles. The number of esters is 1. The molecule has 6 nitrogen and oxygen atoms in total. The first-order chi connectivity index (χ1) is 13.5. The van der Waals surface area contributed by atoms with E-state index in [2.05, 4.69) is 0 Å². The van der Waals surface area contributed by atoms with Gasteiger partial charge < -0.3 is 9.47 Å². The van der Waals surface area contributed by atoms with Crippen LogP contribution in [0.2, 0.25) is 0 Å². The second kappa shape index (κ2) is 7.31. The highest BCUT2D eigenvalue weighted by Gasteiger charge is 2.58. The van der Waals surface area contributed by atoms with Crippen LogP contribution in [0.25, 0.3) is 0 Å². The fraction of sp³-hybridized carbons (Fsp3) is 0.286. The van der Waals surface area contributed by atoms with Crippen LogP contribution in [-0.2, 0) is 14.3 Å². The van der Waals surface area contributed by atoms with Crippen molar-refractivity contribution in [3.63, 3.8) is 0 Å². The van der Waals surface area contributed by atoms with Crippen molar-refractivity contribution < 1.29 is 23.9 Å². The summed E-state index contributed by atoms with van der Waals surface area (Å²) in [5.74, 6) is -0.139. The zero-order valence-electron chi connectivity index (χ0n) is 15.3. The van der Waals surface area contributed by atoms with Gasteiger partial charge in [0.15, 0.2) is 10.7 Å². The molecule has 0 spiro atoms. The molecule has 0 aromatic heterocycles. The second-order valence-corrected chi connectivity index (χ2v) is 7.94. The van der Waals surface area contributed by atoms with E-state index >= 15 is 0 Å². The number of Topliss-reactive ketones (excluding diaryl/α,β-unsaturated/α-hetero) is 1. The summed E-state index contributed by atoms with van der Waals surface area (Å²) in [6.07, 6.45) is 0.733. The molecule has 0 N–H and O–H groups in total. The Bertz CT molecular complexity index is 959. The second-order valence-electron chi connectivity index (χ2n) is 6.62. The van der Waals surface area contributed by atoms with Crippen molar-refractivity contribution >= 4 is 35.1 Å². The van der Waals surface area contributed by atoms with Gasteiger partial charge >= 0.3 is 5.97 Å². The van der Waals surface area contributed by atoms with Gasteiger partial charge in [-0.2, -0.15) is 0 Å². The number of anilines is 1. The van der Waals surface area contributed by atoms with E-state index in [1.165, 1.54) is 18.7 Å². The van der Waals surface area contributed by atoms with Crippen LogP contribution in [0.1, 0.15) is 30.1 Å². The molecule has 2 aliphatic rings. The monoisotopic (exact) mass is 397 g/mol. The van der Waals surface area contributed by atoms with Gasteiger partial charge in [0, 0.05) is 17.7 Å². The third-order valence-corrected chi connectivity index (χ3v) is 6.29. The van der Waals surface area contributed by atoms with Crippen molar-refractivity contribution in [2.45, 2.75) is 29.5 Å². The largest absolute Gasteiger partial charge is 0.489 e. The van der Waals surface area contributed by atoms with E-state index in [0.29, 0.717) is 24.2 Å². The summed E-state index contributed by atoms with van der Waals surface area (Å²) in [7, 11) is 0. The Morgan fingerprint density at radius 3 is 2.68 bits per heavy atom. The van der Waals surface area contributed by atoms with Crippen LogP contribution in [0.4, 0.5) is 5.69 Å². The van der Waals surface area contributed by atoms with Crippen LogP contribution < -0.4 is 9.64 Å². The lowest BCUT2D eigenvalue weighted by Crippen LogP contribution is -2.48. The van der Waals surface area contributed by atoms with E-state index in [1.54, 1.807) is 29.2 Å². The minimum absolute atomic E-state index is 0.0335. The summed E-state index contributed by atoms with van der Waals surface area (Å²) in [6, 6.07) is 14.4. The molecule has 144 valence electrons. The Labute approximate surface area is 166 Å². The molecule has 2 heterocycles. The van der Waals surface area contributed by atoms with Crippen LogP contribution in [0.3, 0.4) is 0 Å². The van der Waals surface area contributed by atoms with E-state index in [9.17, 15) is 14.4 Å². The number of hydrogen-bond donors (Lipinski definition) is 0. The van der Waals surface area contributed by atoms with Gasteiger partial charge in [-0.15, -0.1) is 0 Å². The standard InChI is InChI=1S/C21H19NO5S/c1-14(23)15-6-2-4-8-17(15)26-12-13-27-20(25)21-11-10-19(24)22(21)16-7-3-5-9-18(16)28-21/h2-9H,10-13H2,1H3/t21-/m0/s1. The maximum atomic E-state index is 12.9. The lowest BCUT2D eigenvalue weighted by atomic mass is 10.1. The first-order valence-electron chi connectivity index (χ1n) is 9.04. The molecule has 0 saturated carbocycles. The van der Waals surface area contributed by atoms with Gasteiger partial charge in [0.05, 0.1) is 11.3 Å². The Morgan fingerprint density at radius 1 is 1.11 bits per heavy atom. The van der Waals surface area contributed by atoms with Gasteiger partial charge in [-0.25, -0.2) is 4.79 Å². The summed E-state index contributed by atoms with van der Waals surface area (Å²) in [5.41, 5.74) is 1.25. The van der Waals surface area contributed by atoms with Crippen LogP contribution in [0.5, 0.6) is 5.75 Å². The summed E-state index contributed by atoms with van der Waals surface area (Å²) >= 11 is 1.37. The van der Waals surface area contributed by atoms with Gasteiger partial charge in [-0.3, -0.25) is 14.5 Å². The molecule has 0 bridgehead atoms. The Hall–Kier alpha value is -2.80. The Morgan fingerprint density at radius 2 is 1.86 bits per heavy atom. The molecule has 1 atom stereocenters. The highest BCUT2D eigenvalue weighted by atomic mass is 32.2. The number of amides is 1. The predicted octanol–water partition coefficient (Wildman–Crippen LogP) is 3.44. The third-order valence-electron chi connectivity index (χ3n) is 4.83. The van der Waals surface area contributed by atoms with Crippen LogP contribution >= 0.6 is 11.8 Å². The Balaban J connectivity index is 1.41. The summed E-state index contributed by atoms with van der Waals surface area (Å²) < 4.78 is 11.1. The van der Waals surface area contributed by atoms with E-state index in [-0.39, 0.29) is 24.9 Å². The zero-order valence-corrected chi connectivity index (χ0v) is 16.2. The summed E-state index contributed by atoms with van der Waals surface area (Å²) in [5, 5.41) is 0. The molecule has 0 aliphatic carbocycles. The van der Waals surface area contributed by atoms with Crippen molar-refractivity contribution in [1.29, 1.82) is 0 Å². The number of fused-ring (bicyclic) bond motifs is 3. The molecule has 4 rings (SSSR count). The number of ether oxygens (including phenoxy) is 2. The van der Waals surface area contributed by atoms with Crippen molar-refractivity contribution in [2.24, 2.45) is 0 Å². The number of rotatable bonds is 6. The first kappa shape index (κ1) is 18.6. The van der Waals surface area contributed by atoms with E-state index in [4.69, 9.17) is 9.47 Å². The fourth-order valence-corrected chi connectivity index (χ4v) is 4.97. The lowest BCUT2D eigenvalue weighted by Gasteiger charge is -2.28. The Kier molecular flexibility index (Phi) is 4.85. The summed E-state index contributed by atoms with van der Waals surface area (Å²) in [6.45, 7) is 1.63. The fourth-order valence-electron chi connectivity index (χ4n) is 3.55. The number of benzene rings is 2. The summed E-state index contributed by atoms with van der Waals surface area (Å²) in [4.78, 5) is 38.4. The number of ketones is 1. The van der Waals surface area contributed by atoms with Crippen molar-refractivity contribution in [3.8, 4) is 5.75 Å². The quantitative estimate of drug-likeness (QED) is 0.422. The maximum Gasteiger partial charge on any atom is 0.343 e. The molecule has 0 unspecified atom stereocenters. The molecule has 1 amide bonds. The minimum atomic E-state index is -1.03. The highest BCUT2D eigenvalue weighted by molar-refractivity contribution is 8.02. The van der Waals surface area contributed by atoms with E-state index in [1.807, 2.05) is 24.3 Å². The SMILES string of the molecule is CC(=O)c1ccccc1OCCOC(=O)[C@@]12CCC(=O)N1c1ccccc1S2. The number of nitrogens with zero attached hydrogens (tertiary/aromatic N) is 1.